The molecule has 194 valence electrons. The summed E-state index contributed by atoms with van der Waals surface area (Å²) in [6.07, 6.45) is 4.55. The van der Waals surface area contributed by atoms with E-state index >= 15 is 0 Å². The Morgan fingerprint density at radius 2 is 1.97 bits per heavy atom. The molecule has 0 fully saturated rings. The minimum absolute atomic E-state index is 0.0843. The number of nitrogens with zero attached hydrogens (tertiary/aromatic N) is 4. The number of carbonyl (C=O) groups is 2. The number of rotatable bonds is 6. The Morgan fingerprint density at radius 3 is 2.76 bits per heavy atom. The van der Waals surface area contributed by atoms with E-state index in [2.05, 4.69) is 15.4 Å². The molecule has 4 aromatic rings. The summed E-state index contributed by atoms with van der Waals surface area (Å²) in [5.41, 5.74) is 2.46. The van der Waals surface area contributed by atoms with Crippen LogP contribution in [0.4, 0.5) is 19.3 Å². The second-order valence-corrected chi connectivity index (χ2v) is 8.70. The van der Waals surface area contributed by atoms with Crippen molar-refractivity contribution >= 4 is 17.6 Å². The van der Waals surface area contributed by atoms with Gasteiger partial charge in [0.1, 0.15) is 42.4 Å². The molecule has 5 rings (SSSR count). The van der Waals surface area contributed by atoms with E-state index in [1.807, 2.05) is 0 Å². The van der Waals surface area contributed by atoms with Crippen molar-refractivity contribution in [2.75, 3.05) is 18.6 Å². The average molecular weight is 520 g/mol. The van der Waals surface area contributed by atoms with Crippen molar-refractivity contribution in [3.8, 4) is 11.5 Å². The molecule has 0 unspecified atom stereocenters. The fourth-order valence-corrected chi connectivity index (χ4v) is 3.98. The standard InChI is InChI=1S/C27H23F2N5O4/c1-33-24-11-22(37-15-21-6-5-20(29)13-30-21)7-8-25(24)38-16-23(26(33)35)32-27(36)34-14-18(12-31-34)9-17-3-2-4-19(28)10-17/h2-8,10-14,23H,9,15-16H2,1H3,(H,32,36)/t23-/m0/s1. The zero-order chi connectivity index (χ0) is 26.6. The number of halogens is 2. The molecule has 2 aromatic carbocycles. The predicted molar refractivity (Wildman–Crippen MR) is 133 cm³/mol. The lowest BCUT2D eigenvalue weighted by molar-refractivity contribution is -0.120. The van der Waals surface area contributed by atoms with Gasteiger partial charge in [0.05, 0.1) is 23.8 Å². The fraction of sp³-hybridized carbons (Fsp3) is 0.185. The highest BCUT2D eigenvalue weighted by molar-refractivity contribution is 6.00. The molecule has 3 heterocycles. The maximum atomic E-state index is 13.5. The number of benzene rings is 2. The molecule has 0 spiro atoms. The molecule has 0 bridgehead atoms. The van der Waals surface area contributed by atoms with Crippen molar-refractivity contribution in [3.05, 3.63) is 102 Å². The Balaban J connectivity index is 1.23. The number of carbonyl (C=O) groups excluding carboxylic acids is 2. The molecule has 1 aliphatic heterocycles. The van der Waals surface area contributed by atoms with Crippen LogP contribution in [0.15, 0.2) is 73.2 Å². The second kappa shape index (κ2) is 10.7. The summed E-state index contributed by atoms with van der Waals surface area (Å²) >= 11 is 0. The first-order chi connectivity index (χ1) is 18.4. The Morgan fingerprint density at radius 1 is 1.11 bits per heavy atom. The van der Waals surface area contributed by atoms with Gasteiger partial charge in [-0.1, -0.05) is 12.1 Å². The van der Waals surface area contributed by atoms with Crippen LogP contribution in [0.2, 0.25) is 0 Å². The number of hydrogen-bond acceptors (Lipinski definition) is 6. The van der Waals surface area contributed by atoms with Gasteiger partial charge < -0.3 is 19.7 Å². The first-order valence-electron chi connectivity index (χ1n) is 11.7. The molecular weight excluding hydrogens is 496 g/mol. The van der Waals surface area contributed by atoms with Crippen LogP contribution in [0, 0.1) is 11.6 Å². The lowest BCUT2D eigenvalue weighted by Gasteiger charge is -2.20. The molecule has 0 saturated carbocycles. The van der Waals surface area contributed by atoms with Crippen molar-refractivity contribution in [2.24, 2.45) is 0 Å². The zero-order valence-corrected chi connectivity index (χ0v) is 20.3. The van der Waals surface area contributed by atoms with Crippen LogP contribution < -0.4 is 19.7 Å². The normalized spacial score (nSPS) is 14.9. The summed E-state index contributed by atoms with van der Waals surface area (Å²) < 4.78 is 39.2. The number of aromatic nitrogens is 3. The number of pyridine rings is 1. The van der Waals surface area contributed by atoms with Gasteiger partial charge in [-0.05, 0) is 47.5 Å². The maximum absolute atomic E-state index is 13.5. The summed E-state index contributed by atoms with van der Waals surface area (Å²) in [5, 5.41) is 6.73. The molecule has 2 aromatic heterocycles. The van der Waals surface area contributed by atoms with E-state index in [-0.39, 0.29) is 24.9 Å². The van der Waals surface area contributed by atoms with Crippen molar-refractivity contribution in [1.82, 2.24) is 20.1 Å². The van der Waals surface area contributed by atoms with E-state index in [4.69, 9.17) is 9.47 Å². The second-order valence-electron chi connectivity index (χ2n) is 8.70. The van der Waals surface area contributed by atoms with E-state index in [9.17, 15) is 18.4 Å². The van der Waals surface area contributed by atoms with Crippen molar-refractivity contribution in [1.29, 1.82) is 0 Å². The van der Waals surface area contributed by atoms with E-state index in [1.54, 1.807) is 37.4 Å². The van der Waals surface area contributed by atoms with Crippen LogP contribution in [0.25, 0.3) is 0 Å². The minimum atomic E-state index is -0.969. The van der Waals surface area contributed by atoms with Crippen LogP contribution in [0.5, 0.6) is 11.5 Å². The SMILES string of the molecule is CN1C(=O)[C@@H](NC(=O)n2cc(Cc3cccc(F)c3)cn2)COc2ccc(OCc3ccc(F)cn3)cc21. The minimum Gasteiger partial charge on any atom is -0.489 e. The number of hydrogen-bond donors (Lipinski definition) is 1. The van der Waals surface area contributed by atoms with Crippen molar-refractivity contribution in [3.63, 3.8) is 0 Å². The lowest BCUT2D eigenvalue weighted by atomic mass is 10.1. The molecule has 38 heavy (non-hydrogen) atoms. The Labute approximate surface area is 216 Å². The largest absolute Gasteiger partial charge is 0.489 e. The fourth-order valence-electron chi connectivity index (χ4n) is 3.98. The third kappa shape index (κ3) is 5.61. The molecule has 11 heteroatoms. The van der Waals surface area contributed by atoms with Crippen molar-refractivity contribution < 1.29 is 27.8 Å². The van der Waals surface area contributed by atoms with Gasteiger partial charge in [-0.3, -0.25) is 9.78 Å². The van der Waals surface area contributed by atoms with Crippen LogP contribution >= 0.6 is 0 Å². The van der Waals surface area contributed by atoms with Gasteiger partial charge in [-0.25, -0.2) is 13.6 Å². The van der Waals surface area contributed by atoms with Crippen LogP contribution in [0.1, 0.15) is 16.8 Å². The predicted octanol–water partition coefficient (Wildman–Crippen LogP) is 3.71. The summed E-state index contributed by atoms with van der Waals surface area (Å²) in [6.45, 7) is 0.0281. The molecule has 1 atom stereocenters. The topological polar surface area (TPSA) is 98.6 Å². The third-order valence-corrected chi connectivity index (χ3v) is 5.94. The smallest absolute Gasteiger partial charge is 0.342 e. The number of fused-ring (bicyclic) bond motifs is 1. The summed E-state index contributed by atoms with van der Waals surface area (Å²) in [6, 6.07) is 12.4. The van der Waals surface area contributed by atoms with Gasteiger partial charge >= 0.3 is 6.03 Å². The third-order valence-electron chi connectivity index (χ3n) is 5.94. The van der Waals surface area contributed by atoms with E-state index in [0.717, 1.165) is 16.4 Å². The van der Waals surface area contributed by atoms with Gasteiger partial charge in [-0.2, -0.15) is 9.78 Å². The molecule has 1 N–H and O–H groups in total. The monoisotopic (exact) mass is 519 g/mol. The number of likely N-dealkylation sites (N-methyl/N-ethyl adjacent to an activating group) is 1. The van der Waals surface area contributed by atoms with Crippen molar-refractivity contribution in [2.45, 2.75) is 19.1 Å². The molecular formula is C27H23F2N5O4. The van der Waals surface area contributed by atoms with Gasteiger partial charge in [0.2, 0.25) is 0 Å². The number of amides is 2. The average Bonchev–Trinajstić information content (AvgIpc) is 3.34. The van der Waals surface area contributed by atoms with Gasteiger partial charge in [0.15, 0.2) is 0 Å². The Bertz CT molecular complexity index is 1470. The van der Waals surface area contributed by atoms with Gasteiger partial charge in [-0.15, -0.1) is 0 Å². The highest BCUT2D eigenvalue weighted by Gasteiger charge is 2.31. The molecule has 1 aliphatic rings. The van der Waals surface area contributed by atoms with E-state index in [1.165, 1.54) is 41.6 Å². The Kier molecular flexibility index (Phi) is 6.98. The molecule has 0 saturated heterocycles. The summed E-state index contributed by atoms with van der Waals surface area (Å²) in [4.78, 5) is 31.3. The maximum Gasteiger partial charge on any atom is 0.342 e. The Hall–Kier alpha value is -4.80. The van der Waals surface area contributed by atoms with Gasteiger partial charge in [0.25, 0.3) is 5.91 Å². The quantitative estimate of drug-likeness (QED) is 0.417. The first-order valence-corrected chi connectivity index (χ1v) is 11.7. The van der Waals surface area contributed by atoms with E-state index in [0.29, 0.717) is 34.9 Å². The highest BCUT2D eigenvalue weighted by atomic mass is 19.1. The van der Waals surface area contributed by atoms with Crippen LogP contribution in [-0.2, 0) is 17.8 Å². The van der Waals surface area contributed by atoms with Crippen LogP contribution in [-0.4, -0.2) is 46.4 Å². The summed E-state index contributed by atoms with van der Waals surface area (Å²) in [7, 11) is 1.57. The molecule has 9 nitrogen and oxygen atoms in total. The summed E-state index contributed by atoms with van der Waals surface area (Å²) in [5.74, 6) is -0.256. The van der Waals surface area contributed by atoms with Crippen LogP contribution in [0.3, 0.4) is 0 Å². The number of ether oxygens (including phenoxy) is 2. The molecule has 0 radical (unpaired) electrons. The van der Waals surface area contributed by atoms with E-state index < -0.39 is 17.9 Å². The molecule has 0 aliphatic carbocycles. The van der Waals surface area contributed by atoms with Gasteiger partial charge in [0, 0.05) is 25.7 Å². The first kappa shape index (κ1) is 24.9. The zero-order valence-electron chi connectivity index (χ0n) is 20.3. The highest BCUT2D eigenvalue weighted by Crippen LogP contribution is 2.34. The molecule has 2 amide bonds. The number of nitrogens with one attached hydrogen (secondary N) is 1. The lowest BCUT2D eigenvalue weighted by Crippen LogP contribution is -2.50. The number of anilines is 1.